The zero-order valence-electron chi connectivity index (χ0n) is 12.6. The zero-order chi connectivity index (χ0) is 14.8. The molecule has 0 saturated carbocycles. The molecule has 0 N–H and O–H groups in total. The van der Waals surface area contributed by atoms with E-state index in [1.165, 1.54) is 0 Å². The number of aromatic nitrogens is 3. The smallest absolute Gasteiger partial charge is 0.259 e. The van der Waals surface area contributed by atoms with E-state index >= 15 is 0 Å². The standard InChI is InChI=1S/C15H21N5O/c1-18(2)12-5-3-8-19(10-6-12)15(21)13-11-17-20-9-4-7-16-14(13)20/h4,7,9,11-12H,3,5-6,8,10H2,1-2H3/t12-/m0/s1. The molecule has 112 valence electrons. The number of carbonyl (C=O) groups excluding carboxylic acids is 1. The third-order valence-electron chi connectivity index (χ3n) is 4.22. The molecule has 0 aromatic carbocycles. The Kier molecular flexibility index (Phi) is 3.88. The monoisotopic (exact) mass is 287 g/mol. The molecule has 1 amide bonds. The molecule has 0 unspecified atom stereocenters. The Morgan fingerprint density at radius 3 is 3.00 bits per heavy atom. The van der Waals surface area contributed by atoms with Gasteiger partial charge in [0.2, 0.25) is 0 Å². The Labute approximate surface area is 124 Å². The van der Waals surface area contributed by atoms with E-state index in [0.29, 0.717) is 17.3 Å². The van der Waals surface area contributed by atoms with Crippen LogP contribution in [0.2, 0.25) is 0 Å². The predicted octanol–water partition coefficient (Wildman–Crippen LogP) is 1.29. The van der Waals surface area contributed by atoms with Crippen LogP contribution in [0.4, 0.5) is 0 Å². The molecule has 2 aromatic rings. The molecule has 6 nitrogen and oxygen atoms in total. The number of carbonyl (C=O) groups is 1. The van der Waals surface area contributed by atoms with Crippen molar-refractivity contribution in [2.24, 2.45) is 0 Å². The van der Waals surface area contributed by atoms with Crippen LogP contribution in [0.1, 0.15) is 29.6 Å². The fraction of sp³-hybridized carbons (Fsp3) is 0.533. The number of hydrogen-bond acceptors (Lipinski definition) is 4. The molecule has 1 atom stereocenters. The van der Waals surface area contributed by atoms with E-state index in [2.05, 4.69) is 29.1 Å². The van der Waals surface area contributed by atoms with E-state index in [9.17, 15) is 4.79 Å². The summed E-state index contributed by atoms with van der Waals surface area (Å²) in [6, 6.07) is 2.37. The summed E-state index contributed by atoms with van der Waals surface area (Å²) in [6.07, 6.45) is 8.33. The first-order valence-corrected chi connectivity index (χ1v) is 7.41. The van der Waals surface area contributed by atoms with Crippen LogP contribution in [-0.4, -0.2) is 63.5 Å². The molecule has 6 heteroatoms. The first-order valence-electron chi connectivity index (χ1n) is 7.41. The lowest BCUT2D eigenvalue weighted by atomic mass is 10.1. The van der Waals surface area contributed by atoms with Gasteiger partial charge in [-0.1, -0.05) is 0 Å². The highest BCUT2D eigenvalue weighted by Crippen LogP contribution is 2.18. The molecule has 0 aliphatic carbocycles. The molecule has 0 spiro atoms. The summed E-state index contributed by atoms with van der Waals surface area (Å²) in [6.45, 7) is 1.61. The first-order chi connectivity index (χ1) is 10.2. The van der Waals surface area contributed by atoms with E-state index in [1.54, 1.807) is 16.9 Å². The van der Waals surface area contributed by atoms with Gasteiger partial charge in [0.25, 0.3) is 5.91 Å². The quantitative estimate of drug-likeness (QED) is 0.835. The highest BCUT2D eigenvalue weighted by atomic mass is 16.2. The third-order valence-corrected chi connectivity index (χ3v) is 4.22. The Bertz CT molecular complexity index is 636. The van der Waals surface area contributed by atoms with Crippen molar-refractivity contribution in [1.29, 1.82) is 0 Å². The number of hydrogen-bond donors (Lipinski definition) is 0. The van der Waals surface area contributed by atoms with Gasteiger partial charge in [-0.2, -0.15) is 5.10 Å². The van der Waals surface area contributed by atoms with Gasteiger partial charge in [0.15, 0.2) is 5.65 Å². The molecule has 3 heterocycles. The zero-order valence-corrected chi connectivity index (χ0v) is 12.6. The Hall–Kier alpha value is -1.95. The molecule has 3 rings (SSSR count). The van der Waals surface area contributed by atoms with Gasteiger partial charge in [0.1, 0.15) is 5.56 Å². The average molecular weight is 287 g/mol. The fourth-order valence-corrected chi connectivity index (χ4v) is 2.95. The number of likely N-dealkylation sites (tertiary alicyclic amines) is 1. The van der Waals surface area contributed by atoms with Gasteiger partial charge in [0, 0.05) is 31.5 Å². The highest BCUT2D eigenvalue weighted by molar-refractivity contribution is 5.99. The SMILES string of the molecule is CN(C)[C@H]1CCCN(C(=O)c2cnn3cccnc23)CC1. The van der Waals surface area contributed by atoms with Crippen LogP contribution in [0.3, 0.4) is 0 Å². The van der Waals surface area contributed by atoms with Gasteiger partial charge in [-0.3, -0.25) is 4.79 Å². The van der Waals surface area contributed by atoms with Gasteiger partial charge >= 0.3 is 0 Å². The van der Waals surface area contributed by atoms with E-state index in [4.69, 9.17) is 0 Å². The van der Waals surface area contributed by atoms with Crippen molar-refractivity contribution in [1.82, 2.24) is 24.4 Å². The molecule has 0 bridgehead atoms. The number of fused-ring (bicyclic) bond motifs is 1. The Balaban J connectivity index is 1.79. The van der Waals surface area contributed by atoms with Gasteiger partial charge in [-0.15, -0.1) is 0 Å². The summed E-state index contributed by atoms with van der Waals surface area (Å²) in [5.41, 5.74) is 1.23. The second-order valence-electron chi connectivity index (χ2n) is 5.79. The maximum atomic E-state index is 12.7. The normalized spacial score (nSPS) is 20.0. The maximum absolute atomic E-state index is 12.7. The van der Waals surface area contributed by atoms with E-state index in [1.807, 2.05) is 17.2 Å². The highest BCUT2D eigenvalue weighted by Gasteiger charge is 2.24. The van der Waals surface area contributed by atoms with Crippen molar-refractivity contribution in [2.45, 2.75) is 25.3 Å². The van der Waals surface area contributed by atoms with Crippen LogP contribution in [0, 0.1) is 0 Å². The second kappa shape index (κ2) is 5.81. The van der Waals surface area contributed by atoms with Crippen LogP contribution < -0.4 is 0 Å². The minimum atomic E-state index is 0.0445. The van der Waals surface area contributed by atoms with Gasteiger partial charge < -0.3 is 9.80 Å². The summed E-state index contributed by atoms with van der Waals surface area (Å²) in [5.74, 6) is 0.0445. The topological polar surface area (TPSA) is 53.7 Å². The second-order valence-corrected chi connectivity index (χ2v) is 5.79. The summed E-state index contributed by atoms with van der Waals surface area (Å²) in [5, 5.41) is 4.20. The molecule has 21 heavy (non-hydrogen) atoms. The van der Waals surface area contributed by atoms with Crippen molar-refractivity contribution >= 4 is 11.6 Å². The minimum absolute atomic E-state index is 0.0445. The van der Waals surface area contributed by atoms with Crippen LogP contribution in [0.5, 0.6) is 0 Å². The van der Waals surface area contributed by atoms with Crippen molar-refractivity contribution in [3.05, 3.63) is 30.2 Å². The van der Waals surface area contributed by atoms with Crippen molar-refractivity contribution in [2.75, 3.05) is 27.2 Å². The van der Waals surface area contributed by atoms with Crippen LogP contribution >= 0.6 is 0 Å². The van der Waals surface area contributed by atoms with Gasteiger partial charge in [-0.25, -0.2) is 9.50 Å². The third kappa shape index (κ3) is 2.76. The van der Waals surface area contributed by atoms with Crippen LogP contribution in [-0.2, 0) is 0 Å². The summed E-state index contributed by atoms with van der Waals surface area (Å²) in [7, 11) is 4.22. The lowest BCUT2D eigenvalue weighted by Crippen LogP contribution is -2.33. The summed E-state index contributed by atoms with van der Waals surface area (Å²) in [4.78, 5) is 21.2. The fourth-order valence-electron chi connectivity index (χ4n) is 2.95. The summed E-state index contributed by atoms with van der Waals surface area (Å²) < 4.78 is 1.65. The molecule has 1 aliphatic heterocycles. The van der Waals surface area contributed by atoms with E-state index in [-0.39, 0.29) is 5.91 Å². The molecular weight excluding hydrogens is 266 g/mol. The molecule has 0 radical (unpaired) electrons. The lowest BCUT2D eigenvalue weighted by molar-refractivity contribution is 0.0760. The molecule has 1 aliphatic rings. The van der Waals surface area contributed by atoms with Crippen molar-refractivity contribution < 1.29 is 4.79 Å². The van der Waals surface area contributed by atoms with Gasteiger partial charge in [-0.05, 0) is 39.4 Å². The molecule has 1 saturated heterocycles. The Morgan fingerprint density at radius 1 is 1.33 bits per heavy atom. The number of amides is 1. The minimum Gasteiger partial charge on any atom is -0.338 e. The molecular formula is C15H21N5O. The first kappa shape index (κ1) is 14.0. The van der Waals surface area contributed by atoms with E-state index < -0.39 is 0 Å². The largest absolute Gasteiger partial charge is 0.338 e. The maximum Gasteiger partial charge on any atom is 0.259 e. The average Bonchev–Trinajstić information content (AvgIpc) is 2.75. The number of nitrogens with zero attached hydrogens (tertiary/aromatic N) is 5. The molecule has 1 fully saturated rings. The molecule has 2 aromatic heterocycles. The Morgan fingerprint density at radius 2 is 2.19 bits per heavy atom. The van der Waals surface area contributed by atoms with Crippen LogP contribution in [0.15, 0.2) is 24.7 Å². The lowest BCUT2D eigenvalue weighted by Gasteiger charge is -2.23. The number of rotatable bonds is 2. The summed E-state index contributed by atoms with van der Waals surface area (Å²) >= 11 is 0. The van der Waals surface area contributed by atoms with E-state index in [0.717, 1.165) is 32.4 Å². The van der Waals surface area contributed by atoms with Crippen molar-refractivity contribution in [3.8, 4) is 0 Å². The predicted molar refractivity (Wildman–Crippen MR) is 80.2 cm³/mol. The van der Waals surface area contributed by atoms with Crippen LogP contribution in [0.25, 0.3) is 5.65 Å². The van der Waals surface area contributed by atoms with Gasteiger partial charge in [0.05, 0.1) is 6.20 Å². The van der Waals surface area contributed by atoms with Crippen molar-refractivity contribution in [3.63, 3.8) is 0 Å².